The number of hydrogen-bond donors (Lipinski definition) is 9. The molecule has 10 N–H and O–H groups in total. The van der Waals surface area contributed by atoms with E-state index in [-0.39, 0.29) is 90.9 Å². The van der Waals surface area contributed by atoms with E-state index in [2.05, 4.69) is 110 Å². The van der Waals surface area contributed by atoms with Crippen LogP contribution in [0.3, 0.4) is 0 Å². The molecule has 0 bridgehead atoms. The first-order chi connectivity index (χ1) is 56.8. The van der Waals surface area contributed by atoms with Crippen LogP contribution < -0.4 is 67.2 Å². The summed E-state index contributed by atoms with van der Waals surface area (Å²) in [6.45, 7) is 0.510. The highest BCUT2D eigenvalue weighted by molar-refractivity contribution is 7.90. The number of amides is 16. The maximum Gasteiger partial charge on any atom is 0.323 e. The summed E-state index contributed by atoms with van der Waals surface area (Å²) < 4.78 is 58.0. The molecule has 4 atom stereocenters. The molecule has 6 aromatic carbocycles. The molecule has 2 aromatic heterocycles. The van der Waals surface area contributed by atoms with Crippen LogP contribution in [0.5, 0.6) is 23.0 Å². The predicted octanol–water partition coefficient (Wildman–Crippen LogP) is 2.48. The molecule has 602 valence electrons. The Morgan fingerprint density at radius 3 is 1.03 bits per heavy atom. The smallest absolute Gasteiger partial charge is 0.323 e. The van der Waals surface area contributed by atoms with Crippen LogP contribution in [0.25, 0.3) is 0 Å². The number of nitrogens with one attached hydrogen (secondary N) is 8. The van der Waals surface area contributed by atoms with Crippen LogP contribution in [0, 0.1) is 53.2 Å². The fraction of sp³-hybridized carbons (Fsp3) is 0.210. The second kappa shape index (κ2) is 33.2. The number of nitrogens with two attached hydrogens (primary N) is 1. The first-order valence-corrected chi connectivity index (χ1v) is 37.7. The second-order valence-electron chi connectivity index (χ2n) is 27.4. The molecule has 0 saturated carbocycles. The Morgan fingerprint density at radius 2 is 0.739 bits per heavy atom. The zero-order chi connectivity index (χ0) is 84.9. The number of sulfone groups is 1. The van der Waals surface area contributed by atoms with Gasteiger partial charge in [0.1, 0.15) is 35.1 Å². The standard InChI is InChI=1S/C22H19N3O6S.C21H15ClFN3O4.C19H16N6O4.C19H15N5O4/c1-31-16-7-6-15-12-25(19(26)18(15)11-16)13-22(20(27)23-21(28)24-22)9-8-14-4-3-5-17(10-14)32(2,29)30;1-30-14-4-3-13-10-26(18(27)15(13)9-14)11-21(19(28)24-20(29)25-21)7-6-12-2-5-16(22)17(23)8-12;1-29-13-3-2-12-9-25(15(26)14(12)6-13)10-19(16(27)23-18(28)24-19)5-4-11-7-21-17(20)22-8-11;1-28-14-3-2-13-9-24(16(25)15(13)6-14)10-19(17(26)22-18(27)23-19)5-4-12-7-20-11-21-8-12/h3-7,10-11H,12-13H2,1-2H3,(H2,23,24,27,28);2-5,8-9H,10-11H2,1H3,(H2,24,25,28,29);2-3,6-8H,9-10H2,1H3,(H2,20,21,22)(H2,23,24,27,28);2-3,6-8,11H,9-10H2,1H3,(H2,22,23,26,27)/t22-;21-;2*19-/m1111/s1. The van der Waals surface area contributed by atoms with E-state index < -0.39 is 85.6 Å². The Morgan fingerprint density at radius 1 is 0.429 bits per heavy atom. The van der Waals surface area contributed by atoms with Crippen molar-refractivity contribution in [3.8, 4) is 70.4 Å². The Bertz CT molecular complexity index is 6080. The van der Waals surface area contributed by atoms with Gasteiger partial charge in [0, 0.05) is 90.6 Å². The molecule has 16 amide bonds. The topological polar surface area (TPSA) is 463 Å². The third kappa shape index (κ3) is 17.5. The van der Waals surface area contributed by atoms with Gasteiger partial charge >= 0.3 is 24.1 Å². The average molecular weight is 1650 g/mol. The number of ether oxygens (including phenoxy) is 4. The molecular weight excluding hydrogens is 1590 g/mol. The third-order valence-corrected chi connectivity index (χ3v) is 20.8. The number of imide groups is 4. The van der Waals surface area contributed by atoms with Crippen LogP contribution in [0.2, 0.25) is 5.02 Å². The molecule has 8 aliphatic rings. The summed E-state index contributed by atoms with van der Waals surface area (Å²) in [5.74, 6) is 19.9. The second-order valence-corrected chi connectivity index (χ2v) is 29.8. The van der Waals surface area contributed by atoms with E-state index in [4.69, 9.17) is 36.3 Å². The highest BCUT2D eigenvalue weighted by atomic mass is 35.5. The lowest BCUT2D eigenvalue weighted by atomic mass is 9.99. The molecule has 10 heterocycles. The van der Waals surface area contributed by atoms with Crippen LogP contribution in [-0.4, -0.2) is 202 Å². The molecule has 119 heavy (non-hydrogen) atoms. The molecule has 8 aliphatic heterocycles. The van der Waals surface area contributed by atoms with Crippen molar-refractivity contribution in [2.24, 2.45) is 0 Å². The van der Waals surface area contributed by atoms with Gasteiger partial charge in [0.2, 0.25) is 28.1 Å². The normalized spacial score (nSPS) is 19.9. The van der Waals surface area contributed by atoms with E-state index in [0.717, 1.165) is 34.6 Å². The van der Waals surface area contributed by atoms with Crippen molar-refractivity contribution in [2.75, 3.05) is 66.6 Å². The summed E-state index contributed by atoms with van der Waals surface area (Å²) in [6, 6.07) is 27.8. The number of halogens is 2. The lowest BCUT2D eigenvalue weighted by Crippen LogP contribution is -2.54. The number of carbonyl (C=O) groups is 12. The molecule has 4 fully saturated rings. The van der Waals surface area contributed by atoms with Gasteiger partial charge in [-0.15, -0.1) is 0 Å². The number of benzene rings is 6. The molecule has 0 unspecified atom stereocenters. The molecule has 8 aromatic rings. The summed E-state index contributed by atoms with van der Waals surface area (Å²) in [5.41, 5.74) is 5.52. The Labute approximate surface area is 680 Å². The van der Waals surface area contributed by atoms with Gasteiger partial charge in [0.15, 0.2) is 9.84 Å². The Kier molecular flexibility index (Phi) is 22.7. The number of rotatable bonds is 13. The minimum atomic E-state index is -3.44. The summed E-state index contributed by atoms with van der Waals surface area (Å²) in [7, 11) is 2.60. The fourth-order valence-electron chi connectivity index (χ4n) is 13.3. The van der Waals surface area contributed by atoms with Gasteiger partial charge in [0.25, 0.3) is 47.3 Å². The molecule has 38 heteroatoms. The monoisotopic (exact) mass is 1650 g/mol. The van der Waals surface area contributed by atoms with Crippen molar-refractivity contribution in [1.82, 2.24) is 82.1 Å². The van der Waals surface area contributed by atoms with Crippen molar-refractivity contribution in [2.45, 2.75) is 53.2 Å². The maximum atomic E-state index is 13.7. The van der Waals surface area contributed by atoms with Gasteiger partial charge in [-0.05, 0) is 107 Å². The average Bonchev–Trinajstić information content (AvgIpc) is 1.63. The number of nitrogens with zero attached hydrogens (tertiary/aromatic N) is 8. The molecule has 0 spiro atoms. The van der Waals surface area contributed by atoms with Crippen LogP contribution in [-0.2, 0) is 55.2 Å². The first-order valence-electron chi connectivity index (χ1n) is 35.4. The van der Waals surface area contributed by atoms with Crippen molar-refractivity contribution in [3.63, 3.8) is 0 Å². The van der Waals surface area contributed by atoms with E-state index in [9.17, 15) is 70.3 Å². The zero-order valence-corrected chi connectivity index (χ0v) is 64.8. The van der Waals surface area contributed by atoms with Crippen molar-refractivity contribution >= 4 is 98.8 Å². The summed E-state index contributed by atoms with van der Waals surface area (Å²) in [4.78, 5) is 170. The third-order valence-electron chi connectivity index (χ3n) is 19.4. The molecule has 4 saturated heterocycles. The number of anilines is 1. The van der Waals surface area contributed by atoms with Crippen molar-refractivity contribution < 1.29 is 89.3 Å². The summed E-state index contributed by atoms with van der Waals surface area (Å²) in [5, 5.41) is 18.7. The van der Waals surface area contributed by atoms with Gasteiger partial charge in [-0.2, -0.15) is 0 Å². The number of methoxy groups -OCH3 is 4. The number of hydrogen-bond acceptors (Lipinski definition) is 23. The van der Waals surface area contributed by atoms with Crippen molar-refractivity contribution in [1.29, 1.82) is 0 Å². The highest BCUT2D eigenvalue weighted by Gasteiger charge is 2.53. The Balaban J connectivity index is 0.000000137. The number of fused-ring (bicyclic) bond motifs is 4. The van der Waals surface area contributed by atoms with Gasteiger partial charge in [-0.25, -0.2) is 51.9 Å². The minimum absolute atomic E-state index is 0.0574. The van der Waals surface area contributed by atoms with Gasteiger partial charge in [-0.3, -0.25) is 59.6 Å². The van der Waals surface area contributed by atoms with E-state index >= 15 is 0 Å². The van der Waals surface area contributed by atoms with Gasteiger partial charge in [0.05, 0.1) is 75.7 Å². The number of nitrogen functional groups attached to an aromatic ring is 1. The quantitative estimate of drug-likeness (QED) is 0.0591. The van der Waals surface area contributed by atoms with E-state index in [1.165, 1.54) is 109 Å². The van der Waals surface area contributed by atoms with Crippen LogP contribution >= 0.6 is 11.6 Å². The van der Waals surface area contributed by atoms with E-state index in [0.29, 0.717) is 68.5 Å². The maximum absolute atomic E-state index is 13.7. The molecule has 35 nitrogen and oxygen atoms in total. The predicted molar refractivity (Wildman–Crippen MR) is 416 cm³/mol. The van der Waals surface area contributed by atoms with E-state index in [1.54, 1.807) is 78.9 Å². The van der Waals surface area contributed by atoms with Crippen LogP contribution in [0.1, 0.15) is 85.9 Å². The lowest BCUT2D eigenvalue weighted by Gasteiger charge is -2.26. The highest BCUT2D eigenvalue weighted by Crippen LogP contribution is 2.34. The number of urea groups is 4. The summed E-state index contributed by atoms with van der Waals surface area (Å²) in [6.07, 6.45) is 8.23. The summed E-state index contributed by atoms with van der Waals surface area (Å²) >= 11 is 5.68. The molecular formula is C81H65ClFN17O18S. The minimum Gasteiger partial charge on any atom is -0.497 e. The molecule has 16 rings (SSSR count). The van der Waals surface area contributed by atoms with E-state index in [1.807, 2.05) is 0 Å². The largest absolute Gasteiger partial charge is 0.497 e. The molecule has 0 aliphatic carbocycles. The van der Waals surface area contributed by atoms with Gasteiger partial charge < -0.3 is 65.5 Å². The lowest BCUT2D eigenvalue weighted by molar-refractivity contribution is -0.123. The SMILES string of the molecule is COc1ccc2c(c1)C(=O)N(C[C@@]1(C#Cc3ccc(Cl)c(F)c3)NC(=O)NC1=O)C2.COc1ccc2c(c1)C(=O)N(C[C@@]1(C#Cc3cccc(S(C)(=O)=O)c3)NC(=O)NC1=O)C2.COc1ccc2c(c1)C(=O)N(C[C@@]1(C#Cc3cnc(N)nc3)NC(=O)NC1=O)C2.COc1ccc2c(c1)C(=O)N(C[C@@]1(C#Cc3cncnc3)NC(=O)NC1=O)C2. The fourth-order valence-corrected chi connectivity index (χ4v) is 14.1. The van der Waals surface area contributed by atoms with Crippen LogP contribution in [0.4, 0.5) is 29.5 Å². The number of aromatic nitrogens is 4. The first kappa shape index (κ1) is 81.5. The molecule has 0 radical (unpaired) electrons. The zero-order valence-electron chi connectivity index (χ0n) is 63.2. The Hall–Kier alpha value is -15.5. The van der Waals surface area contributed by atoms with Gasteiger partial charge in [-0.1, -0.05) is 89.3 Å². The number of carbonyl (C=O) groups excluding carboxylic acids is 12. The van der Waals surface area contributed by atoms with Crippen molar-refractivity contribution in [3.05, 3.63) is 224 Å². The van der Waals surface area contributed by atoms with Crippen LogP contribution in [0.15, 0.2) is 151 Å².